The molecule has 104 valence electrons. The first-order chi connectivity index (χ1) is 9.19. The number of rotatable bonds is 4. The van der Waals surface area contributed by atoms with Crippen molar-refractivity contribution in [1.82, 2.24) is 4.90 Å². The lowest BCUT2D eigenvalue weighted by Crippen LogP contribution is -2.43. The number of fused-ring (bicyclic) bond motifs is 1. The van der Waals surface area contributed by atoms with Gasteiger partial charge in [0.05, 0.1) is 7.11 Å². The Hall–Kier alpha value is -1.07. The topological polar surface area (TPSA) is 46.6 Å². The van der Waals surface area contributed by atoms with E-state index in [0.717, 1.165) is 16.9 Å². The van der Waals surface area contributed by atoms with Gasteiger partial charge in [0, 0.05) is 23.7 Å². The molecule has 1 atom stereocenters. The number of hydrogen-bond donors (Lipinski definition) is 0. The van der Waals surface area contributed by atoms with Crippen molar-refractivity contribution in [2.45, 2.75) is 25.3 Å². The summed E-state index contributed by atoms with van der Waals surface area (Å²) in [5.74, 6) is 0.0399. The average molecular weight is 302 g/mol. The third kappa shape index (κ3) is 2.92. The zero-order valence-electron chi connectivity index (χ0n) is 10.7. The van der Waals surface area contributed by atoms with Gasteiger partial charge in [0.25, 0.3) is 0 Å². The summed E-state index contributed by atoms with van der Waals surface area (Å²) in [6.07, 6.45) is 1.80. The van der Waals surface area contributed by atoms with Gasteiger partial charge in [-0.05, 0) is 29.9 Å². The van der Waals surface area contributed by atoms with Crippen LogP contribution < -0.4 is 0 Å². The average Bonchev–Trinajstić information content (AvgIpc) is 2.91. The van der Waals surface area contributed by atoms with Crippen LogP contribution in [0, 0.1) is 0 Å². The minimum Gasteiger partial charge on any atom is -0.467 e. The SMILES string of the molecule is COC(=O)C1c2ccsc2CCN1C(=O)CCCCl. The maximum Gasteiger partial charge on any atom is 0.333 e. The van der Waals surface area contributed by atoms with Crippen molar-refractivity contribution in [3.05, 3.63) is 21.9 Å². The Bertz CT molecular complexity index is 474. The molecule has 6 heteroatoms. The highest BCUT2D eigenvalue weighted by Gasteiger charge is 2.36. The summed E-state index contributed by atoms with van der Waals surface area (Å²) in [7, 11) is 1.35. The summed E-state index contributed by atoms with van der Waals surface area (Å²) in [6, 6.07) is 1.31. The highest BCUT2D eigenvalue weighted by atomic mass is 35.5. The van der Waals surface area contributed by atoms with E-state index in [4.69, 9.17) is 16.3 Å². The minimum absolute atomic E-state index is 0.0344. The summed E-state index contributed by atoms with van der Waals surface area (Å²) >= 11 is 7.24. The number of nitrogens with zero attached hydrogens (tertiary/aromatic N) is 1. The van der Waals surface area contributed by atoms with Crippen LogP contribution in [-0.4, -0.2) is 36.3 Å². The Kier molecular flexibility index (Phi) is 4.82. The van der Waals surface area contributed by atoms with Crippen molar-refractivity contribution >= 4 is 34.8 Å². The number of esters is 1. The molecule has 0 radical (unpaired) electrons. The monoisotopic (exact) mass is 301 g/mol. The lowest BCUT2D eigenvalue weighted by molar-refractivity contribution is -0.153. The lowest BCUT2D eigenvalue weighted by Gasteiger charge is -2.34. The van der Waals surface area contributed by atoms with Crippen LogP contribution in [0.15, 0.2) is 11.4 Å². The van der Waals surface area contributed by atoms with Crippen LogP contribution in [0.4, 0.5) is 0 Å². The first-order valence-electron chi connectivity index (χ1n) is 6.18. The molecule has 0 aromatic carbocycles. The standard InChI is InChI=1S/C13H16ClNO3S/c1-18-13(17)12-9-5-8-19-10(9)4-7-15(12)11(16)3-2-6-14/h5,8,12H,2-4,6-7H2,1H3. The van der Waals surface area contributed by atoms with E-state index in [9.17, 15) is 9.59 Å². The van der Waals surface area contributed by atoms with Crippen LogP contribution in [0.25, 0.3) is 0 Å². The van der Waals surface area contributed by atoms with Gasteiger partial charge in [-0.2, -0.15) is 0 Å². The van der Waals surface area contributed by atoms with Crippen molar-refractivity contribution in [2.24, 2.45) is 0 Å². The summed E-state index contributed by atoms with van der Waals surface area (Å²) in [6.45, 7) is 0.564. The van der Waals surface area contributed by atoms with Gasteiger partial charge in [-0.3, -0.25) is 4.79 Å². The number of hydrogen-bond acceptors (Lipinski definition) is 4. The molecule has 0 saturated carbocycles. The molecule has 0 fully saturated rings. The highest BCUT2D eigenvalue weighted by Crippen LogP contribution is 2.34. The fourth-order valence-electron chi connectivity index (χ4n) is 2.31. The van der Waals surface area contributed by atoms with Gasteiger partial charge in [-0.1, -0.05) is 0 Å². The maximum atomic E-state index is 12.2. The number of halogens is 1. The third-order valence-electron chi connectivity index (χ3n) is 3.23. The van der Waals surface area contributed by atoms with E-state index in [-0.39, 0.29) is 11.9 Å². The predicted octanol–water partition coefficient (Wildman–Crippen LogP) is 2.37. The van der Waals surface area contributed by atoms with Gasteiger partial charge in [0.1, 0.15) is 0 Å². The molecule has 4 nitrogen and oxygen atoms in total. The summed E-state index contributed by atoms with van der Waals surface area (Å²) < 4.78 is 4.85. The van der Waals surface area contributed by atoms with Gasteiger partial charge in [0.2, 0.25) is 5.91 Å². The molecule has 0 N–H and O–H groups in total. The van der Waals surface area contributed by atoms with Crippen molar-refractivity contribution in [3.8, 4) is 0 Å². The van der Waals surface area contributed by atoms with E-state index in [1.165, 1.54) is 7.11 Å². The largest absolute Gasteiger partial charge is 0.467 e. The minimum atomic E-state index is -0.595. The number of carbonyl (C=O) groups is 2. The van der Waals surface area contributed by atoms with Gasteiger partial charge in [-0.25, -0.2) is 4.79 Å². The maximum absolute atomic E-state index is 12.2. The molecule has 2 rings (SSSR count). The number of thiophene rings is 1. The first-order valence-corrected chi connectivity index (χ1v) is 7.60. The summed E-state index contributed by atoms with van der Waals surface area (Å²) in [5, 5.41) is 1.95. The van der Waals surface area contributed by atoms with E-state index in [2.05, 4.69) is 0 Å². The Balaban J connectivity index is 2.24. The fourth-order valence-corrected chi connectivity index (χ4v) is 3.35. The number of alkyl halides is 1. The van der Waals surface area contributed by atoms with Gasteiger partial charge >= 0.3 is 5.97 Å². The second-order valence-electron chi connectivity index (χ2n) is 4.35. The molecule has 0 spiro atoms. The van der Waals surface area contributed by atoms with Crippen LogP contribution in [-0.2, 0) is 20.7 Å². The van der Waals surface area contributed by atoms with E-state index in [1.807, 2.05) is 11.4 Å². The summed E-state index contributed by atoms with van der Waals surface area (Å²) in [5.41, 5.74) is 0.905. The van der Waals surface area contributed by atoms with Crippen LogP contribution in [0.3, 0.4) is 0 Å². The molecular formula is C13H16ClNO3S. The molecule has 2 heterocycles. The smallest absolute Gasteiger partial charge is 0.333 e. The fraction of sp³-hybridized carbons (Fsp3) is 0.538. The molecular weight excluding hydrogens is 286 g/mol. The van der Waals surface area contributed by atoms with Crippen LogP contribution >= 0.6 is 22.9 Å². The summed E-state index contributed by atoms with van der Waals surface area (Å²) in [4.78, 5) is 26.9. The second-order valence-corrected chi connectivity index (χ2v) is 5.73. The van der Waals surface area contributed by atoms with Gasteiger partial charge < -0.3 is 9.64 Å². The first kappa shape index (κ1) is 14.3. The predicted molar refractivity (Wildman–Crippen MR) is 74.4 cm³/mol. The molecule has 1 amide bonds. The number of methoxy groups -OCH3 is 1. The molecule has 1 aliphatic heterocycles. The normalized spacial score (nSPS) is 18.0. The molecule has 1 aliphatic rings. The molecule has 0 saturated heterocycles. The molecule has 0 aliphatic carbocycles. The number of ether oxygens (including phenoxy) is 1. The lowest BCUT2D eigenvalue weighted by atomic mass is 9.99. The van der Waals surface area contributed by atoms with Crippen LogP contribution in [0.2, 0.25) is 0 Å². The van der Waals surface area contributed by atoms with Gasteiger partial charge in [-0.15, -0.1) is 22.9 Å². The van der Waals surface area contributed by atoms with E-state index < -0.39 is 6.04 Å². The van der Waals surface area contributed by atoms with Crippen molar-refractivity contribution in [1.29, 1.82) is 0 Å². The van der Waals surface area contributed by atoms with E-state index >= 15 is 0 Å². The molecule has 1 unspecified atom stereocenters. The number of carbonyl (C=O) groups excluding carboxylic acids is 2. The Morgan fingerprint density at radius 2 is 2.37 bits per heavy atom. The van der Waals surface area contributed by atoms with Gasteiger partial charge in [0.15, 0.2) is 6.04 Å². The Labute approximate surface area is 121 Å². The third-order valence-corrected chi connectivity index (χ3v) is 4.50. The second kappa shape index (κ2) is 6.39. The van der Waals surface area contributed by atoms with Crippen molar-refractivity contribution < 1.29 is 14.3 Å². The van der Waals surface area contributed by atoms with Crippen molar-refractivity contribution in [3.63, 3.8) is 0 Å². The molecule has 1 aromatic rings. The zero-order chi connectivity index (χ0) is 13.8. The van der Waals surface area contributed by atoms with E-state index in [0.29, 0.717) is 25.3 Å². The van der Waals surface area contributed by atoms with Crippen LogP contribution in [0.5, 0.6) is 0 Å². The number of amides is 1. The van der Waals surface area contributed by atoms with Crippen LogP contribution in [0.1, 0.15) is 29.3 Å². The molecule has 19 heavy (non-hydrogen) atoms. The quantitative estimate of drug-likeness (QED) is 0.633. The zero-order valence-corrected chi connectivity index (χ0v) is 12.3. The Morgan fingerprint density at radius 1 is 1.58 bits per heavy atom. The molecule has 0 bridgehead atoms. The van der Waals surface area contributed by atoms with E-state index in [1.54, 1.807) is 16.2 Å². The Morgan fingerprint density at radius 3 is 3.05 bits per heavy atom. The highest BCUT2D eigenvalue weighted by molar-refractivity contribution is 7.10. The molecule has 1 aromatic heterocycles. The van der Waals surface area contributed by atoms with Crippen molar-refractivity contribution in [2.75, 3.05) is 19.5 Å².